The van der Waals surface area contributed by atoms with Crippen molar-refractivity contribution in [3.8, 4) is 0 Å². The van der Waals surface area contributed by atoms with Crippen molar-refractivity contribution in [3.05, 3.63) is 29.8 Å². The van der Waals surface area contributed by atoms with Crippen LogP contribution < -0.4 is 0 Å². The molecule has 0 spiro atoms. The first-order chi connectivity index (χ1) is 9.37. The predicted molar refractivity (Wildman–Crippen MR) is 74.7 cm³/mol. The Morgan fingerprint density at radius 3 is 2.45 bits per heavy atom. The van der Waals surface area contributed by atoms with Gasteiger partial charge in [-0.25, -0.2) is 8.42 Å². The maximum Gasteiger partial charge on any atom is 0.324 e. The van der Waals surface area contributed by atoms with Crippen molar-refractivity contribution in [3.63, 3.8) is 0 Å². The monoisotopic (exact) mass is 297 g/mol. The molecule has 0 radical (unpaired) electrons. The number of rotatable bonds is 3. The molecule has 0 N–H and O–H groups in total. The van der Waals surface area contributed by atoms with Gasteiger partial charge in [-0.05, 0) is 31.4 Å². The summed E-state index contributed by atoms with van der Waals surface area (Å²) in [5.41, 5.74) is 0.989. The molecule has 6 heteroatoms. The number of esters is 1. The highest BCUT2D eigenvalue weighted by molar-refractivity contribution is 7.89. The molecule has 1 aliphatic heterocycles. The maximum atomic E-state index is 12.6. The van der Waals surface area contributed by atoms with Crippen molar-refractivity contribution in [2.75, 3.05) is 13.7 Å². The third-order valence-corrected chi connectivity index (χ3v) is 5.62. The van der Waals surface area contributed by atoms with E-state index in [4.69, 9.17) is 4.74 Å². The lowest BCUT2D eigenvalue weighted by Crippen LogP contribution is -2.43. The fourth-order valence-corrected chi connectivity index (χ4v) is 4.19. The van der Waals surface area contributed by atoms with E-state index in [-0.39, 0.29) is 10.8 Å². The van der Waals surface area contributed by atoms with Crippen molar-refractivity contribution in [1.82, 2.24) is 4.31 Å². The average Bonchev–Trinajstić information content (AvgIpc) is 2.81. The molecule has 1 heterocycles. The van der Waals surface area contributed by atoms with Crippen molar-refractivity contribution in [2.24, 2.45) is 5.92 Å². The molecule has 2 rings (SSSR count). The number of benzene rings is 1. The Bertz CT molecular complexity index is 594. The first-order valence-corrected chi connectivity index (χ1v) is 7.98. The number of carbonyl (C=O) groups is 1. The lowest BCUT2D eigenvalue weighted by atomic mass is 10.0. The molecule has 0 unspecified atom stereocenters. The summed E-state index contributed by atoms with van der Waals surface area (Å²) in [4.78, 5) is 12.1. The summed E-state index contributed by atoms with van der Waals surface area (Å²) < 4.78 is 31.3. The van der Waals surface area contributed by atoms with Gasteiger partial charge in [-0.15, -0.1) is 0 Å². The fourth-order valence-electron chi connectivity index (χ4n) is 2.50. The van der Waals surface area contributed by atoms with E-state index in [0.717, 1.165) is 5.56 Å². The first kappa shape index (κ1) is 15.0. The van der Waals surface area contributed by atoms with Crippen LogP contribution in [0.2, 0.25) is 0 Å². The average molecular weight is 297 g/mol. The van der Waals surface area contributed by atoms with E-state index in [2.05, 4.69) is 0 Å². The van der Waals surface area contributed by atoms with Gasteiger partial charge < -0.3 is 4.74 Å². The summed E-state index contributed by atoms with van der Waals surface area (Å²) in [7, 11) is -2.38. The molecular weight excluding hydrogens is 278 g/mol. The second kappa shape index (κ2) is 5.54. The molecule has 1 saturated heterocycles. The number of aryl methyl sites for hydroxylation is 1. The Hall–Kier alpha value is -1.40. The number of methoxy groups -OCH3 is 1. The Morgan fingerprint density at radius 2 is 1.90 bits per heavy atom. The number of hydrogen-bond donors (Lipinski definition) is 0. The van der Waals surface area contributed by atoms with Crippen LogP contribution in [0.1, 0.15) is 18.9 Å². The zero-order valence-electron chi connectivity index (χ0n) is 11.9. The summed E-state index contributed by atoms with van der Waals surface area (Å²) >= 11 is 0. The smallest absolute Gasteiger partial charge is 0.324 e. The van der Waals surface area contributed by atoms with E-state index in [9.17, 15) is 13.2 Å². The van der Waals surface area contributed by atoms with Crippen LogP contribution in [0.5, 0.6) is 0 Å². The van der Waals surface area contributed by atoms with Gasteiger partial charge in [0, 0.05) is 6.54 Å². The van der Waals surface area contributed by atoms with Crippen LogP contribution in [-0.4, -0.2) is 38.4 Å². The normalized spacial score (nSPS) is 23.8. The lowest BCUT2D eigenvalue weighted by Gasteiger charge is -2.24. The molecule has 1 fully saturated rings. The summed E-state index contributed by atoms with van der Waals surface area (Å²) in [6, 6.07) is 5.91. The van der Waals surface area contributed by atoms with Gasteiger partial charge in [-0.3, -0.25) is 4.79 Å². The number of hydrogen-bond acceptors (Lipinski definition) is 4. The molecule has 20 heavy (non-hydrogen) atoms. The molecule has 0 aromatic heterocycles. The highest BCUT2D eigenvalue weighted by atomic mass is 32.2. The molecule has 0 saturated carbocycles. The van der Waals surface area contributed by atoms with Crippen LogP contribution in [0.15, 0.2) is 29.2 Å². The van der Waals surface area contributed by atoms with E-state index in [0.29, 0.717) is 13.0 Å². The molecule has 0 aliphatic carbocycles. The summed E-state index contributed by atoms with van der Waals surface area (Å²) in [6.07, 6.45) is 0.658. The quantitative estimate of drug-likeness (QED) is 0.794. The van der Waals surface area contributed by atoms with Gasteiger partial charge >= 0.3 is 5.97 Å². The second-order valence-electron chi connectivity index (χ2n) is 5.16. The van der Waals surface area contributed by atoms with Crippen LogP contribution in [-0.2, 0) is 19.6 Å². The van der Waals surface area contributed by atoms with Crippen LogP contribution >= 0.6 is 0 Å². The van der Waals surface area contributed by atoms with Crippen LogP contribution in [0.4, 0.5) is 0 Å². The van der Waals surface area contributed by atoms with E-state index < -0.39 is 22.0 Å². The van der Waals surface area contributed by atoms with Crippen molar-refractivity contribution < 1.29 is 17.9 Å². The number of sulfonamides is 1. The molecule has 0 amide bonds. The van der Waals surface area contributed by atoms with Gasteiger partial charge in [0.1, 0.15) is 6.04 Å². The fraction of sp³-hybridized carbons (Fsp3) is 0.500. The maximum absolute atomic E-state index is 12.6. The standard InChI is InChI=1S/C14H19NO4S/c1-10-4-6-12(7-5-10)20(17,18)15-9-8-11(2)13(15)14(16)19-3/h4-7,11,13H,8-9H2,1-3H3/t11-,13-/m1/s1. The van der Waals surface area contributed by atoms with Gasteiger partial charge in [-0.1, -0.05) is 24.6 Å². The van der Waals surface area contributed by atoms with Crippen LogP contribution in [0.25, 0.3) is 0 Å². The van der Waals surface area contributed by atoms with Crippen molar-refractivity contribution >= 4 is 16.0 Å². The number of carbonyl (C=O) groups excluding carboxylic acids is 1. The molecule has 110 valence electrons. The zero-order chi connectivity index (χ0) is 14.9. The molecule has 5 nitrogen and oxygen atoms in total. The molecule has 0 bridgehead atoms. The SMILES string of the molecule is COC(=O)[C@H]1[C@H](C)CCN1S(=O)(=O)c1ccc(C)cc1. The Labute approximate surface area is 119 Å². The Kier molecular flexibility index (Phi) is 4.15. The number of nitrogens with zero attached hydrogens (tertiary/aromatic N) is 1. The minimum atomic E-state index is -3.66. The molecular formula is C14H19NO4S. The van der Waals surface area contributed by atoms with E-state index in [1.54, 1.807) is 24.3 Å². The zero-order valence-corrected chi connectivity index (χ0v) is 12.7. The van der Waals surface area contributed by atoms with Gasteiger partial charge in [0.2, 0.25) is 10.0 Å². The van der Waals surface area contributed by atoms with E-state index in [1.165, 1.54) is 11.4 Å². The first-order valence-electron chi connectivity index (χ1n) is 6.54. The van der Waals surface area contributed by atoms with Crippen molar-refractivity contribution in [1.29, 1.82) is 0 Å². The largest absolute Gasteiger partial charge is 0.468 e. The lowest BCUT2D eigenvalue weighted by molar-refractivity contribution is -0.145. The van der Waals surface area contributed by atoms with E-state index >= 15 is 0 Å². The third kappa shape index (κ3) is 2.58. The van der Waals surface area contributed by atoms with E-state index in [1.807, 2.05) is 13.8 Å². The Balaban J connectivity index is 2.38. The number of ether oxygens (including phenoxy) is 1. The highest BCUT2D eigenvalue weighted by Gasteiger charge is 2.44. The molecule has 2 atom stereocenters. The van der Waals surface area contributed by atoms with Gasteiger partial charge in [0.25, 0.3) is 0 Å². The summed E-state index contributed by atoms with van der Waals surface area (Å²) in [5.74, 6) is -0.534. The third-order valence-electron chi connectivity index (χ3n) is 3.72. The highest BCUT2D eigenvalue weighted by Crippen LogP contribution is 2.30. The molecule has 1 aromatic rings. The Morgan fingerprint density at radius 1 is 1.30 bits per heavy atom. The summed E-state index contributed by atoms with van der Waals surface area (Å²) in [5, 5.41) is 0. The van der Waals surface area contributed by atoms with Crippen molar-refractivity contribution in [2.45, 2.75) is 31.2 Å². The topological polar surface area (TPSA) is 63.7 Å². The minimum absolute atomic E-state index is 0.0392. The molecule has 1 aromatic carbocycles. The van der Waals surface area contributed by atoms with Gasteiger partial charge in [-0.2, -0.15) is 4.31 Å². The van der Waals surface area contributed by atoms with Gasteiger partial charge in [0.05, 0.1) is 12.0 Å². The predicted octanol–water partition coefficient (Wildman–Crippen LogP) is 1.57. The van der Waals surface area contributed by atoms with Crippen LogP contribution in [0.3, 0.4) is 0 Å². The minimum Gasteiger partial charge on any atom is -0.468 e. The summed E-state index contributed by atoms with van der Waals surface area (Å²) in [6.45, 7) is 4.11. The molecule has 1 aliphatic rings. The van der Waals surface area contributed by atoms with Gasteiger partial charge in [0.15, 0.2) is 0 Å². The second-order valence-corrected chi connectivity index (χ2v) is 7.05. The van der Waals surface area contributed by atoms with Crippen LogP contribution in [0, 0.1) is 12.8 Å².